The van der Waals surface area contributed by atoms with Crippen LogP contribution in [-0.4, -0.2) is 19.9 Å². The van der Waals surface area contributed by atoms with Gasteiger partial charge in [-0.25, -0.2) is 15.0 Å². The van der Waals surface area contributed by atoms with E-state index in [1.54, 1.807) is 0 Å². The van der Waals surface area contributed by atoms with Crippen LogP contribution in [0.3, 0.4) is 0 Å². The normalized spacial score (nSPS) is 17.9. The minimum Gasteiger partial charge on any atom is -0.253 e. The molecule has 4 heteroatoms. The molecule has 9 aromatic rings. The fraction of sp³-hybridized carbons (Fsp3) is 0.0357. The van der Waals surface area contributed by atoms with Gasteiger partial charge in [0.25, 0.3) is 0 Å². The van der Waals surface area contributed by atoms with Gasteiger partial charge in [0, 0.05) is 67.2 Å². The van der Waals surface area contributed by atoms with Gasteiger partial charge in [0.1, 0.15) is 0 Å². The number of hydrogen-bond donors (Lipinski definition) is 0. The van der Waals surface area contributed by atoms with Crippen molar-refractivity contribution in [1.29, 1.82) is 0 Å². The van der Waals surface area contributed by atoms with Crippen molar-refractivity contribution in [3.05, 3.63) is 228 Å². The topological polar surface area (TPSA) is 51.6 Å². The Bertz CT molecular complexity index is 3580. The molecule has 4 nitrogen and oxygen atoms in total. The maximum Gasteiger partial charge on any atom is 0.0978 e. The number of para-hydroxylation sites is 1. The molecule has 4 aliphatic carbocycles. The van der Waals surface area contributed by atoms with Crippen molar-refractivity contribution in [2.75, 3.05) is 0 Å². The van der Waals surface area contributed by atoms with Crippen LogP contribution in [0.4, 0.5) is 0 Å². The van der Waals surface area contributed by atoms with Gasteiger partial charge in [-0.3, -0.25) is 4.98 Å². The Morgan fingerprint density at radius 3 is 1.95 bits per heavy atom. The van der Waals surface area contributed by atoms with Gasteiger partial charge in [0.15, 0.2) is 0 Å². The molecule has 0 amide bonds. The second-order valence-electron chi connectivity index (χ2n) is 16.1. The molecular formula is C56H34N4. The van der Waals surface area contributed by atoms with E-state index in [1.807, 2.05) is 12.3 Å². The van der Waals surface area contributed by atoms with Gasteiger partial charge in [-0.2, -0.15) is 0 Å². The van der Waals surface area contributed by atoms with Crippen molar-refractivity contribution in [3.8, 4) is 22.4 Å². The highest BCUT2D eigenvalue weighted by atomic mass is 14.8. The van der Waals surface area contributed by atoms with Crippen LogP contribution in [0.2, 0.25) is 0 Å². The predicted octanol–water partition coefficient (Wildman–Crippen LogP) is 13.4. The lowest BCUT2D eigenvalue weighted by atomic mass is 9.61. The lowest BCUT2D eigenvalue weighted by molar-refractivity contribution is 0.569. The minimum atomic E-state index is 0.180. The number of aromatic nitrogens is 4. The van der Waals surface area contributed by atoms with Crippen molar-refractivity contribution in [1.82, 2.24) is 19.9 Å². The van der Waals surface area contributed by atoms with E-state index in [2.05, 4.69) is 182 Å². The van der Waals surface area contributed by atoms with Crippen molar-refractivity contribution in [2.24, 2.45) is 11.8 Å². The van der Waals surface area contributed by atoms with E-state index >= 15 is 0 Å². The first kappa shape index (κ1) is 33.2. The Hall–Kier alpha value is -7.82. The summed E-state index contributed by atoms with van der Waals surface area (Å²) >= 11 is 0. The molecule has 0 saturated carbocycles. The second-order valence-corrected chi connectivity index (χ2v) is 16.1. The summed E-state index contributed by atoms with van der Waals surface area (Å²) in [6.07, 6.45) is 20.5. The summed E-state index contributed by atoms with van der Waals surface area (Å²) < 4.78 is 0. The van der Waals surface area contributed by atoms with Gasteiger partial charge >= 0.3 is 0 Å². The smallest absolute Gasteiger partial charge is 0.0978 e. The molecular weight excluding hydrogens is 729 g/mol. The standard InChI is InChI=1S/C56H34N4/c1-3-9-33(10-4-1)47-29-22-37-15-16-39-31-40(32-57-53(39)54(37)58-47)41-24-17-35-20-27-44-42(25-18-36-19-26-43(41)51(35)52(36)44)49-30-23-38-21-28-46-50(34-11-5-2-6-12-34)45-13-7-8-14-48(45)60-56(46)55(38)59-49/h1-32,51-52H. The molecule has 5 aromatic carbocycles. The van der Waals surface area contributed by atoms with Crippen molar-refractivity contribution < 1.29 is 0 Å². The zero-order valence-electron chi connectivity index (χ0n) is 32.4. The monoisotopic (exact) mass is 762 g/mol. The minimum absolute atomic E-state index is 0.180. The maximum absolute atomic E-state index is 5.48. The number of nitrogens with zero attached hydrogens (tertiary/aromatic N) is 4. The third-order valence-corrected chi connectivity index (χ3v) is 12.9. The average molecular weight is 763 g/mol. The van der Waals surface area contributed by atoms with E-state index in [0.717, 1.165) is 82.6 Å². The Labute approximate surface area is 346 Å². The van der Waals surface area contributed by atoms with E-state index in [4.69, 9.17) is 19.9 Å². The van der Waals surface area contributed by atoms with Crippen LogP contribution in [0, 0.1) is 11.8 Å². The maximum atomic E-state index is 5.48. The molecule has 2 unspecified atom stereocenters. The highest BCUT2D eigenvalue weighted by Crippen LogP contribution is 2.54. The summed E-state index contributed by atoms with van der Waals surface area (Å²) in [6, 6.07) is 49.1. The molecule has 60 heavy (non-hydrogen) atoms. The first-order valence-corrected chi connectivity index (χ1v) is 20.6. The van der Waals surface area contributed by atoms with Crippen LogP contribution < -0.4 is 0 Å². The number of allylic oxidation sites excluding steroid dienone is 14. The zero-order chi connectivity index (χ0) is 39.3. The predicted molar refractivity (Wildman–Crippen MR) is 247 cm³/mol. The number of rotatable bonds is 4. The van der Waals surface area contributed by atoms with Gasteiger partial charge in [0.05, 0.1) is 39.0 Å². The summed E-state index contributed by atoms with van der Waals surface area (Å²) in [7, 11) is 0. The molecule has 0 bridgehead atoms. The van der Waals surface area contributed by atoms with E-state index in [1.165, 1.54) is 39.0 Å². The molecule has 0 radical (unpaired) electrons. The van der Waals surface area contributed by atoms with Crippen LogP contribution in [-0.2, 0) is 0 Å². The summed E-state index contributed by atoms with van der Waals surface area (Å²) in [4.78, 5) is 21.0. The molecule has 278 valence electrons. The summed E-state index contributed by atoms with van der Waals surface area (Å²) in [5.74, 6) is 0.370. The van der Waals surface area contributed by atoms with Gasteiger partial charge in [-0.15, -0.1) is 0 Å². The van der Waals surface area contributed by atoms with E-state index in [-0.39, 0.29) is 11.8 Å². The lowest BCUT2D eigenvalue weighted by Crippen LogP contribution is -2.30. The molecule has 0 saturated heterocycles. The number of benzene rings is 5. The molecule has 0 spiro atoms. The van der Waals surface area contributed by atoms with Crippen molar-refractivity contribution in [3.63, 3.8) is 0 Å². The second kappa shape index (κ2) is 12.8. The van der Waals surface area contributed by atoms with Crippen LogP contribution >= 0.6 is 0 Å². The number of hydrogen-bond acceptors (Lipinski definition) is 4. The molecule has 4 heterocycles. The lowest BCUT2D eigenvalue weighted by Gasteiger charge is -2.42. The highest BCUT2D eigenvalue weighted by molar-refractivity contribution is 6.16. The number of pyridine rings is 4. The van der Waals surface area contributed by atoms with E-state index in [0.29, 0.717) is 0 Å². The van der Waals surface area contributed by atoms with Crippen LogP contribution in [0.5, 0.6) is 0 Å². The van der Waals surface area contributed by atoms with Crippen molar-refractivity contribution >= 4 is 65.7 Å². The first-order valence-electron chi connectivity index (χ1n) is 20.6. The molecule has 4 aliphatic rings. The number of fused-ring (bicyclic) bond motifs is 7. The fourth-order valence-electron chi connectivity index (χ4n) is 10.1. The summed E-state index contributed by atoms with van der Waals surface area (Å²) in [6.45, 7) is 0. The first-order chi connectivity index (χ1) is 29.7. The largest absolute Gasteiger partial charge is 0.253 e. The van der Waals surface area contributed by atoms with Crippen LogP contribution in [0.1, 0.15) is 11.3 Å². The highest BCUT2D eigenvalue weighted by Gasteiger charge is 2.40. The fourth-order valence-corrected chi connectivity index (χ4v) is 10.1. The summed E-state index contributed by atoms with van der Waals surface area (Å²) in [5, 5.41) is 5.51. The quantitative estimate of drug-likeness (QED) is 0.132. The van der Waals surface area contributed by atoms with Crippen LogP contribution in [0.25, 0.3) is 88.0 Å². The molecule has 13 rings (SSSR count). The van der Waals surface area contributed by atoms with E-state index in [9.17, 15) is 0 Å². The zero-order valence-corrected chi connectivity index (χ0v) is 32.4. The molecule has 0 N–H and O–H groups in total. The third kappa shape index (κ3) is 4.98. The molecule has 0 fully saturated rings. The van der Waals surface area contributed by atoms with Gasteiger partial charge in [-0.1, -0.05) is 164 Å². The third-order valence-electron chi connectivity index (χ3n) is 12.9. The average Bonchev–Trinajstić information content (AvgIpc) is 3.32. The van der Waals surface area contributed by atoms with E-state index < -0.39 is 0 Å². The SMILES string of the molecule is C1=CC2=C(c3ccc4ccc5c(-c6ccccc6)c6ccccc6nc5c4n3)C=CC3=CC=C4C(c5cnc6c(ccc7ccc(-c8ccccc8)nc76)c5)=CC=C1C4C32. The molecule has 4 aromatic heterocycles. The van der Waals surface area contributed by atoms with Gasteiger partial charge in [0.2, 0.25) is 0 Å². The summed E-state index contributed by atoms with van der Waals surface area (Å²) in [5.41, 5.74) is 18.8. The van der Waals surface area contributed by atoms with Gasteiger partial charge < -0.3 is 0 Å². The Morgan fingerprint density at radius 1 is 0.417 bits per heavy atom. The molecule has 2 atom stereocenters. The van der Waals surface area contributed by atoms with Crippen LogP contribution in [0.15, 0.2) is 217 Å². The van der Waals surface area contributed by atoms with Gasteiger partial charge in [-0.05, 0) is 57.7 Å². The Morgan fingerprint density at radius 2 is 1.08 bits per heavy atom. The Balaban J connectivity index is 0.908. The van der Waals surface area contributed by atoms with Crippen molar-refractivity contribution in [2.45, 2.75) is 0 Å². The molecule has 0 aliphatic heterocycles. The Kier molecular flexibility index (Phi) is 7.10.